The van der Waals surface area contributed by atoms with E-state index in [1.165, 1.54) is 24.3 Å². The van der Waals surface area contributed by atoms with Gasteiger partial charge in [-0.25, -0.2) is 13.2 Å². The van der Waals surface area contributed by atoms with Gasteiger partial charge in [-0.1, -0.05) is 42.0 Å². The lowest BCUT2D eigenvalue weighted by atomic mass is 10.1. The lowest BCUT2D eigenvalue weighted by Gasteiger charge is -2.26. The maximum atomic E-state index is 13.5. The minimum atomic E-state index is -4.01. The van der Waals surface area contributed by atoms with Gasteiger partial charge >= 0.3 is 5.97 Å². The Hall–Kier alpha value is -3.65. The Balaban J connectivity index is 1.89. The molecule has 8 heteroatoms. The number of aryl methyl sites for hydroxylation is 2. The molecule has 7 nitrogen and oxygen atoms in total. The molecule has 0 aliphatic heterocycles. The number of amides is 1. The van der Waals surface area contributed by atoms with E-state index >= 15 is 0 Å². The van der Waals surface area contributed by atoms with Crippen molar-refractivity contribution in [3.63, 3.8) is 0 Å². The second-order valence-corrected chi connectivity index (χ2v) is 9.69. The molecule has 172 valence electrons. The summed E-state index contributed by atoms with van der Waals surface area (Å²) in [5, 5.41) is 11.8. The van der Waals surface area contributed by atoms with Crippen molar-refractivity contribution >= 4 is 27.6 Å². The molecule has 0 aromatic heterocycles. The highest BCUT2D eigenvalue weighted by molar-refractivity contribution is 7.92. The van der Waals surface area contributed by atoms with Gasteiger partial charge < -0.3 is 10.4 Å². The highest BCUT2D eigenvalue weighted by atomic mass is 32.2. The van der Waals surface area contributed by atoms with Crippen molar-refractivity contribution in [1.82, 2.24) is 5.32 Å². The first kappa shape index (κ1) is 24.0. The summed E-state index contributed by atoms with van der Waals surface area (Å²) in [6.07, 6.45) is 0. The van der Waals surface area contributed by atoms with E-state index in [0.29, 0.717) is 11.3 Å². The zero-order chi connectivity index (χ0) is 24.2. The van der Waals surface area contributed by atoms with E-state index in [4.69, 9.17) is 5.11 Å². The van der Waals surface area contributed by atoms with Crippen LogP contribution in [0.15, 0.2) is 71.6 Å². The summed E-state index contributed by atoms with van der Waals surface area (Å²) < 4.78 is 28.1. The quantitative estimate of drug-likeness (QED) is 0.525. The summed E-state index contributed by atoms with van der Waals surface area (Å²) in [4.78, 5) is 24.1. The van der Waals surface area contributed by atoms with E-state index in [1.54, 1.807) is 36.4 Å². The maximum Gasteiger partial charge on any atom is 0.335 e. The van der Waals surface area contributed by atoms with Crippen molar-refractivity contribution in [1.29, 1.82) is 0 Å². The predicted molar refractivity (Wildman–Crippen MR) is 127 cm³/mol. The second kappa shape index (κ2) is 9.87. The molecule has 0 saturated carbocycles. The minimum absolute atomic E-state index is 0.0746. The number of carbonyl (C=O) groups excluding carboxylic acids is 1. The highest BCUT2D eigenvalue weighted by Gasteiger charge is 2.28. The number of carboxylic acid groups (broad SMARTS) is 1. The monoisotopic (exact) mass is 466 g/mol. The zero-order valence-corrected chi connectivity index (χ0v) is 19.5. The Morgan fingerprint density at radius 3 is 2.27 bits per heavy atom. The molecular weight excluding hydrogens is 440 g/mol. The lowest BCUT2D eigenvalue weighted by molar-refractivity contribution is -0.119. The summed E-state index contributed by atoms with van der Waals surface area (Å²) in [6.45, 7) is 5.22. The third kappa shape index (κ3) is 5.59. The van der Waals surface area contributed by atoms with E-state index in [2.05, 4.69) is 5.32 Å². The van der Waals surface area contributed by atoms with Crippen molar-refractivity contribution in [3.05, 3.63) is 94.5 Å². The van der Waals surface area contributed by atoms with Crippen molar-refractivity contribution in [2.75, 3.05) is 10.8 Å². The van der Waals surface area contributed by atoms with E-state index in [-0.39, 0.29) is 17.0 Å². The third-order valence-corrected chi connectivity index (χ3v) is 7.18. The van der Waals surface area contributed by atoms with Crippen LogP contribution in [-0.2, 0) is 21.4 Å². The molecular formula is C25H26N2O5S. The number of rotatable bonds is 8. The number of hydrogen-bond acceptors (Lipinski definition) is 4. The van der Waals surface area contributed by atoms with Crippen LogP contribution in [0.2, 0.25) is 0 Å². The number of carbonyl (C=O) groups is 2. The molecule has 0 heterocycles. The number of nitrogens with one attached hydrogen (secondary N) is 1. The Morgan fingerprint density at radius 2 is 1.61 bits per heavy atom. The molecule has 0 unspecified atom stereocenters. The van der Waals surface area contributed by atoms with E-state index in [0.717, 1.165) is 21.0 Å². The van der Waals surface area contributed by atoms with E-state index in [1.807, 2.05) is 26.8 Å². The van der Waals surface area contributed by atoms with Crippen molar-refractivity contribution < 1.29 is 23.1 Å². The van der Waals surface area contributed by atoms with E-state index < -0.39 is 28.4 Å². The molecule has 0 saturated heterocycles. The van der Waals surface area contributed by atoms with Crippen LogP contribution >= 0.6 is 0 Å². The first-order valence-electron chi connectivity index (χ1n) is 10.3. The second-order valence-electron chi connectivity index (χ2n) is 7.83. The summed E-state index contributed by atoms with van der Waals surface area (Å²) in [5.41, 5.74) is 3.73. The molecule has 0 aliphatic rings. The zero-order valence-electron chi connectivity index (χ0n) is 18.7. The van der Waals surface area contributed by atoms with Gasteiger partial charge in [-0.15, -0.1) is 0 Å². The van der Waals surface area contributed by atoms with E-state index in [9.17, 15) is 18.0 Å². The van der Waals surface area contributed by atoms with Crippen LogP contribution in [0.25, 0.3) is 0 Å². The fraction of sp³-hybridized carbons (Fsp3) is 0.200. The fourth-order valence-corrected chi connectivity index (χ4v) is 4.82. The predicted octanol–water partition coefficient (Wildman–Crippen LogP) is 3.82. The average molecular weight is 467 g/mol. The van der Waals surface area contributed by atoms with Gasteiger partial charge in [-0.2, -0.15) is 0 Å². The lowest BCUT2D eigenvalue weighted by Crippen LogP contribution is -2.41. The molecule has 0 radical (unpaired) electrons. The van der Waals surface area contributed by atoms with Crippen molar-refractivity contribution in [3.8, 4) is 0 Å². The Bertz CT molecular complexity index is 1280. The van der Waals surface area contributed by atoms with Crippen LogP contribution < -0.4 is 9.62 Å². The first-order valence-corrected chi connectivity index (χ1v) is 11.8. The Kier molecular flexibility index (Phi) is 7.18. The van der Waals surface area contributed by atoms with Crippen LogP contribution in [-0.4, -0.2) is 31.9 Å². The molecule has 0 spiro atoms. The normalized spacial score (nSPS) is 11.1. The van der Waals surface area contributed by atoms with Crippen molar-refractivity contribution in [2.45, 2.75) is 32.2 Å². The average Bonchev–Trinajstić information content (AvgIpc) is 2.78. The van der Waals surface area contributed by atoms with Crippen LogP contribution in [0.5, 0.6) is 0 Å². The van der Waals surface area contributed by atoms with Crippen molar-refractivity contribution in [2.24, 2.45) is 0 Å². The van der Waals surface area contributed by atoms with Gasteiger partial charge in [-0.3, -0.25) is 9.10 Å². The molecule has 3 aromatic carbocycles. The van der Waals surface area contributed by atoms with Gasteiger partial charge in [0.2, 0.25) is 5.91 Å². The van der Waals surface area contributed by atoms with Gasteiger partial charge in [0.05, 0.1) is 16.1 Å². The summed E-state index contributed by atoms with van der Waals surface area (Å²) in [6, 6.07) is 18.0. The fourth-order valence-electron chi connectivity index (χ4n) is 3.34. The SMILES string of the molecule is Cc1ccc(S(=O)(=O)N(CC(=O)NCc2cccc(C(=O)O)c2)c2cccc(C)c2C)cc1. The molecule has 0 atom stereocenters. The number of carboxylic acids is 1. The molecule has 0 bridgehead atoms. The van der Waals surface area contributed by atoms with Gasteiger partial charge in [-0.05, 0) is 67.8 Å². The number of benzene rings is 3. The topological polar surface area (TPSA) is 104 Å². The van der Waals surface area contributed by atoms with Crippen LogP contribution in [0.4, 0.5) is 5.69 Å². The summed E-state index contributed by atoms with van der Waals surface area (Å²) >= 11 is 0. The van der Waals surface area contributed by atoms with Crippen LogP contribution in [0.3, 0.4) is 0 Å². The van der Waals surface area contributed by atoms with Gasteiger partial charge in [0, 0.05) is 6.54 Å². The summed E-state index contributed by atoms with van der Waals surface area (Å²) in [7, 11) is -4.01. The molecule has 0 aliphatic carbocycles. The molecule has 3 rings (SSSR count). The Labute approximate surface area is 193 Å². The van der Waals surface area contributed by atoms with Gasteiger partial charge in [0.25, 0.3) is 10.0 Å². The van der Waals surface area contributed by atoms with Crippen LogP contribution in [0.1, 0.15) is 32.6 Å². The number of hydrogen-bond donors (Lipinski definition) is 2. The minimum Gasteiger partial charge on any atom is -0.478 e. The largest absolute Gasteiger partial charge is 0.478 e. The number of sulfonamides is 1. The highest BCUT2D eigenvalue weighted by Crippen LogP contribution is 2.28. The number of anilines is 1. The van der Waals surface area contributed by atoms with Crippen LogP contribution in [0, 0.1) is 20.8 Å². The standard InChI is InChI=1S/C25H26N2O5S/c1-17-10-12-22(13-11-17)33(31,32)27(23-9-4-6-18(2)19(23)3)16-24(28)26-15-20-7-5-8-21(14-20)25(29)30/h4-14H,15-16H2,1-3H3,(H,26,28)(H,29,30). The molecule has 3 aromatic rings. The molecule has 0 fully saturated rings. The number of aromatic carboxylic acids is 1. The van der Waals surface area contributed by atoms with Gasteiger partial charge in [0.15, 0.2) is 0 Å². The summed E-state index contributed by atoms with van der Waals surface area (Å²) in [5.74, 6) is -1.57. The molecule has 1 amide bonds. The van der Waals surface area contributed by atoms with Gasteiger partial charge in [0.1, 0.15) is 6.54 Å². The third-order valence-electron chi connectivity index (χ3n) is 5.40. The smallest absolute Gasteiger partial charge is 0.335 e. The number of nitrogens with zero attached hydrogens (tertiary/aromatic N) is 1. The first-order chi connectivity index (χ1) is 15.6. The molecule has 2 N–H and O–H groups in total. The Morgan fingerprint density at radius 1 is 0.939 bits per heavy atom. The maximum absolute atomic E-state index is 13.5. The molecule has 33 heavy (non-hydrogen) atoms.